The smallest absolute Gasteiger partial charge is 0.258 e. The summed E-state index contributed by atoms with van der Waals surface area (Å²) in [5.41, 5.74) is 4.36. The predicted octanol–water partition coefficient (Wildman–Crippen LogP) is 3.56. The number of nitrogens with zero attached hydrogens (tertiary/aromatic N) is 1. The molecular formula is C20H22N2O3. The van der Waals surface area contributed by atoms with E-state index in [2.05, 4.69) is 12.2 Å². The third-order valence-electron chi connectivity index (χ3n) is 4.45. The Morgan fingerprint density at radius 2 is 2.00 bits per heavy atom. The summed E-state index contributed by atoms with van der Waals surface area (Å²) >= 11 is 0. The molecule has 0 aliphatic carbocycles. The fourth-order valence-corrected chi connectivity index (χ4v) is 3.31. The molecule has 0 fully saturated rings. The number of hydrogen-bond donors (Lipinski definition) is 1. The second-order valence-electron chi connectivity index (χ2n) is 6.23. The van der Waals surface area contributed by atoms with Crippen molar-refractivity contribution in [2.45, 2.75) is 26.7 Å². The van der Waals surface area contributed by atoms with Gasteiger partial charge < -0.3 is 15.0 Å². The number of carbonyl (C=O) groups excluding carboxylic acids is 2. The molecule has 1 aliphatic heterocycles. The fraction of sp³-hybridized carbons (Fsp3) is 0.300. The van der Waals surface area contributed by atoms with Crippen molar-refractivity contribution in [3.8, 4) is 5.75 Å². The van der Waals surface area contributed by atoms with Gasteiger partial charge in [0.05, 0.1) is 12.8 Å². The van der Waals surface area contributed by atoms with Gasteiger partial charge in [-0.1, -0.05) is 12.1 Å². The van der Waals surface area contributed by atoms with Crippen LogP contribution in [0.3, 0.4) is 0 Å². The molecule has 5 nitrogen and oxygen atoms in total. The number of ether oxygens (including phenoxy) is 1. The van der Waals surface area contributed by atoms with Gasteiger partial charge in [-0.2, -0.15) is 0 Å². The molecule has 0 saturated carbocycles. The Labute approximate surface area is 147 Å². The quantitative estimate of drug-likeness (QED) is 0.931. The molecule has 0 saturated heterocycles. The molecule has 5 heteroatoms. The average Bonchev–Trinajstić information content (AvgIpc) is 2.61. The van der Waals surface area contributed by atoms with Gasteiger partial charge in [0.15, 0.2) is 0 Å². The van der Waals surface area contributed by atoms with Crippen LogP contribution in [0, 0.1) is 6.92 Å². The molecule has 0 unspecified atom stereocenters. The van der Waals surface area contributed by atoms with Crippen LogP contribution < -0.4 is 15.0 Å². The molecule has 2 amide bonds. The van der Waals surface area contributed by atoms with Crippen LogP contribution in [0.1, 0.15) is 34.8 Å². The summed E-state index contributed by atoms with van der Waals surface area (Å²) in [6, 6.07) is 11.0. The molecular weight excluding hydrogens is 316 g/mol. The number of hydrogen-bond acceptors (Lipinski definition) is 3. The molecule has 25 heavy (non-hydrogen) atoms. The van der Waals surface area contributed by atoms with Crippen molar-refractivity contribution >= 4 is 23.2 Å². The molecule has 0 radical (unpaired) electrons. The number of nitrogens with one attached hydrogen (secondary N) is 1. The summed E-state index contributed by atoms with van der Waals surface area (Å²) < 4.78 is 5.51. The fourth-order valence-electron chi connectivity index (χ4n) is 3.31. The van der Waals surface area contributed by atoms with E-state index in [4.69, 9.17) is 4.74 Å². The minimum Gasteiger partial charge on any atom is -0.495 e. The maximum absolute atomic E-state index is 13.1. The number of methoxy groups -OCH3 is 1. The maximum Gasteiger partial charge on any atom is 0.258 e. The summed E-state index contributed by atoms with van der Waals surface area (Å²) in [6.45, 7) is 4.16. The number of carbonyl (C=O) groups is 2. The van der Waals surface area contributed by atoms with E-state index in [0.717, 1.165) is 24.1 Å². The first-order chi connectivity index (χ1) is 12.0. The third kappa shape index (κ3) is 3.36. The summed E-state index contributed by atoms with van der Waals surface area (Å²) in [7, 11) is 1.62. The third-order valence-corrected chi connectivity index (χ3v) is 4.45. The first kappa shape index (κ1) is 17.0. The van der Waals surface area contributed by atoms with E-state index < -0.39 is 0 Å². The van der Waals surface area contributed by atoms with E-state index in [-0.39, 0.29) is 11.8 Å². The van der Waals surface area contributed by atoms with Crippen LogP contribution in [0.5, 0.6) is 5.75 Å². The van der Waals surface area contributed by atoms with E-state index in [0.29, 0.717) is 23.5 Å². The van der Waals surface area contributed by atoms with E-state index in [1.807, 2.05) is 12.1 Å². The lowest BCUT2D eigenvalue weighted by atomic mass is 9.95. The lowest BCUT2D eigenvalue weighted by Gasteiger charge is -2.32. The van der Waals surface area contributed by atoms with Gasteiger partial charge in [0.2, 0.25) is 5.91 Å². The van der Waals surface area contributed by atoms with Crippen molar-refractivity contribution in [1.29, 1.82) is 0 Å². The van der Waals surface area contributed by atoms with Crippen molar-refractivity contribution in [3.63, 3.8) is 0 Å². The lowest BCUT2D eigenvalue weighted by molar-refractivity contribution is -0.114. The largest absolute Gasteiger partial charge is 0.495 e. The number of benzene rings is 2. The summed E-state index contributed by atoms with van der Waals surface area (Å²) in [6.07, 6.45) is 1.85. The average molecular weight is 338 g/mol. The van der Waals surface area contributed by atoms with Crippen LogP contribution in [0.25, 0.3) is 0 Å². The van der Waals surface area contributed by atoms with Crippen molar-refractivity contribution in [2.24, 2.45) is 0 Å². The molecule has 0 bridgehead atoms. The van der Waals surface area contributed by atoms with Gasteiger partial charge >= 0.3 is 0 Å². The molecule has 3 rings (SSSR count). The van der Waals surface area contributed by atoms with E-state index in [1.165, 1.54) is 12.5 Å². The van der Waals surface area contributed by atoms with Crippen LogP contribution in [0.15, 0.2) is 36.4 Å². The molecule has 2 aromatic rings. The second kappa shape index (κ2) is 6.97. The van der Waals surface area contributed by atoms with Crippen molar-refractivity contribution in [2.75, 3.05) is 23.9 Å². The molecule has 0 atom stereocenters. The molecule has 1 N–H and O–H groups in total. The van der Waals surface area contributed by atoms with Gasteiger partial charge in [-0.05, 0) is 55.2 Å². The van der Waals surface area contributed by atoms with Crippen LogP contribution in [-0.2, 0) is 11.2 Å². The van der Waals surface area contributed by atoms with Gasteiger partial charge in [0.25, 0.3) is 5.91 Å². The zero-order valence-corrected chi connectivity index (χ0v) is 14.8. The normalized spacial score (nSPS) is 13.2. The highest BCUT2D eigenvalue weighted by Gasteiger charge is 2.28. The Hall–Kier alpha value is -2.82. The number of aryl methyl sites for hydroxylation is 1. The zero-order valence-electron chi connectivity index (χ0n) is 14.8. The van der Waals surface area contributed by atoms with Gasteiger partial charge in [-0.15, -0.1) is 0 Å². The van der Waals surface area contributed by atoms with Crippen LogP contribution in [0.2, 0.25) is 0 Å². The Morgan fingerprint density at radius 1 is 1.20 bits per heavy atom. The lowest BCUT2D eigenvalue weighted by Crippen LogP contribution is -2.36. The van der Waals surface area contributed by atoms with E-state index >= 15 is 0 Å². The van der Waals surface area contributed by atoms with Crippen molar-refractivity contribution in [3.05, 3.63) is 53.1 Å². The van der Waals surface area contributed by atoms with E-state index in [9.17, 15) is 9.59 Å². The maximum atomic E-state index is 13.1. The highest BCUT2D eigenvalue weighted by Crippen LogP contribution is 2.39. The molecule has 1 heterocycles. The SMILES string of the molecule is COc1ccc(C)c2c1N(C(=O)c1cccc(NC(C)=O)c1)CCC2. The van der Waals surface area contributed by atoms with Gasteiger partial charge in [0, 0.05) is 24.7 Å². The molecule has 0 spiro atoms. The standard InChI is InChI=1S/C20H22N2O3/c1-13-9-10-18(25-3)19-17(13)8-5-11-22(19)20(24)15-6-4-7-16(12-15)21-14(2)23/h4,6-7,9-10,12H,5,8,11H2,1-3H3,(H,21,23). The van der Waals surface area contributed by atoms with Crippen LogP contribution >= 0.6 is 0 Å². The Bertz CT molecular complexity index is 830. The van der Waals surface area contributed by atoms with Gasteiger partial charge in [0.1, 0.15) is 5.75 Å². The first-order valence-corrected chi connectivity index (χ1v) is 8.37. The second-order valence-corrected chi connectivity index (χ2v) is 6.23. The zero-order chi connectivity index (χ0) is 18.0. The minimum atomic E-state index is -0.162. The number of amides is 2. The van der Waals surface area contributed by atoms with Crippen molar-refractivity contribution in [1.82, 2.24) is 0 Å². The Morgan fingerprint density at radius 3 is 2.72 bits per heavy atom. The number of rotatable bonds is 3. The first-order valence-electron chi connectivity index (χ1n) is 8.37. The Kier molecular flexibility index (Phi) is 4.74. The van der Waals surface area contributed by atoms with Crippen LogP contribution in [0.4, 0.5) is 11.4 Å². The predicted molar refractivity (Wildman–Crippen MR) is 98.5 cm³/mol. The highest BCUT2D eigenvalue weighted by molar-refractivity contribution is 6.08. The van der Waals surface area contributed by atoms with Crippen LogP contribution in [-0.4, -0.2) is 25.5 Å². The van der Waals surface area contributed by atoms with E-state index in [1.54, 1.807) is 36.3 Å². The highest BCUT2D eigenvalue weighted by atomic mass is 16.5. The van der Waals surface area contributed by atoms with Crippen molar-refractivity contribution < 1.29 is 14.3 Å². The number of anilines is 2. The monoisotopic (exact) mass is 338 g/mol. The number of fused-ring (bicyclic) bond motifs is 1. The molecule has 2 aromatic carbocycles. The summed E-state index contributed by atoms with van der Waals surface area (Å²) in [5, 5.41) is 2.72. The molecule has 1 aliphatic rings. The topological polar surface area (TPSA) is 58.6 Å². The van der Waals surface area contributed by atoms with Gasteiger partial charge in [-0.25, -0.2) is 0 Å². The molecule has 0 aromatic heterocycles. The summed E-state index contributed by atoms with van der Waals surface area (Å²) in [4.78, 5) is 26.2. The Balaban J connectivity index is 2.00. The summed E-state index contributed by atoms with van der Waals surface area (Å²) in [5.74, 6) is 0.467. The molecule has 130 valence electrons. The minimum absolute atomic E-state index is 0.0861. The van der Waals surface area contributed by atoms with Gasteiger partial charge in [-0.3, -0.25) is 9.59 Å².